The fourth-order valence-corrected chi connectivity index (χ4v) is 2.24. The molecule has 1 aliphatic carbocycles. The number of anilines is 1. The molecule has 17 heavy (non-hydrogen) atoms. The number of nitrogen functional groups attached to an aromatic ring is 1. The molecule has 1 fully saturated rings. The topological polar surface area (TPSA) is 46.3 Å². The summed E-state index contributed by atoms with van der Waals surface area (Å²) in [5.41, 5.74) is 6.78. The Morgan fingerprint density at radius 1 is 1.53 bits per heavy atom. The largest absolute Gasteiger partial charge is 0.398 e. The molecule has 0 aromatic heterocycles. The molecule has 0 spiro atoms. The molecule has 3 nitrogen and oxygen atoms in total. The van der Waals surface area contributed by atoms with Crippen molar-refractivity contribution in [3.8, 4) is 0 Å². The number of nitrogens with two attached hydrogens (primary N) is 1. The van der Waals surface area contributed by atoms with Crippen molar-refractivity contribution in [2.45, 2.75) is 19.3 Å². The van der Waals surface area contributed by atoms with E-state index < -0.39 is 0 Å². The number of amides is 1. The van der Waals surface area contributed by atoms with Crippen molar-refractivity contribution in [3.05, 3.63) is 28.8 Å². The number of benzene rings is 1. The normalized spacial score (nSPS) is 15.4. The summed E-state index contributed by atoms with van der Waals surface area (Å²) in [7, 11) is 1.82. The minimum absolute atomic E-state index is 0.0445. The third kappa shape index (κ3) is 2.72. The zero-order valence-electron chi connectivity index (χ0n) is 9.95. The molecule has 0 atom stereocenters. The summed E-state index contributed by atoms with van der Waals surface area (Å²) in [6, 6.07) is 5.00. The quantitative estimate of drug-likeness (QED) is 0.841. The van der Waals surface area contributed by atoms with Crippen molar-refractivity contribution >= 4 is 23.2 Å². The first-order valence-corrected chi connectivity index (χ1v) is 6.26. The lowest BCUT2D eigenvalue weighted by Gasteiger charge is -2.30. The number of nitrogens with zero attached hydrogens (tertiary/aromatic N) is 1. The van der Waals surface area contributed by atoms with Crippen LogP contribution in [0.2, 0.25) is 5.02 Å². The van der Waals surface area contributed by atoms with Gasteiger partial charge in [0.2, 0.25) is 0 Å². The molecule has 1 aromatic rings. The zero-order valence-corrected chi connectivity index (χ0v) is 10.7. The average Bonchev–Trinajstić information content (AvgIpc) is 2.25. The van der Waals surface area contributed by atoms with E-state index in [0.717, 1.165) is 6.54 Å². The Morgan fingerprint density at radius 3 is 2.82 bits per heavy atom. The Labute approximate surface area is 107 Å². The van der Waals surface area contributed by atoms with Crippen LogP contribution < -0.4 is 5.73 Å². The molecule has 1 saturated carbocycles. The Bertz CT molecular complexity index is 429. The minimum atomic E-state index is -0.0445. The van der Waals surface area contributed by atoms with Crippen LogP contribution in [0.1, 0.15) is 29.6 Å². The van der Waals surface area contributed by atoms with Crippen molar-refractivity contribution in [2.75, 3.05) is 19.3 Å². The van der Waals surface area contributed by atoms with Crippen molar-refractivity contribution in [1.82, 2.24) is 4.90 Å². The summed E-state index contributed by atoms with van der Waals surface area (Å²) in [4.78, 5) is 13.9. The monoisotopic (exact) mass is 252 g/mol. The molecule has 1 aliphatic rings. The van der Waals surface area contributed by atoms with Gasteiger partial charge in [-0.15, -0.1) is 0 Å². The van der Waals surface area contributed by atoms with E-state index in [4.69, 9.17) is 17.3 Å². The van der Waals surface area contributed by atoms with Crippen LogP contribution in [0.3, 0.4) is 0 Å². The van der Waals surface area contributed by atoms with Gasteiger partial charge in [0.25, 0.3) is 5.91 Å². The van der Waals surface area contributed by atoms with E-state index in [1.54, 1.807) is 23.1 Å². The van der Waals surface area contributed by atoms with Gasteiger partial charge in [0.15, 0.2) is 0 Å². The molecular formula is C13H17ClN2O. The molecule has 0 radical (unpaired) electrons. The van der Waals surface area contributed by atoms with Crippen LogP contribution in [0.15, 0.2) is 18.2 Å². The summed E-state index contributed by atoms with van der Waals surface area (Å²) < 4.78 is 0. The molecular weight excluding hydrogens is 236 g/mol. The Kier molecular flexibility index (Phi) is 3.57. The van der Waals surface area contributed by atoms with Crippen LogP contribution in [0.25, 0.3) is 0 Å². The first-order valence-electron chi connectivity index (χ1n) is 5.88. The fraction of sp³-hybridized carbons (Fsp3) is 0.462. The second-order valence-electron chi connectivity index (χ2n) is 4.71. The van der Waals surface area contributed by atoms with Crippen molar-refractivity contribution in [2.24, 2.45) is 5.92 Å². The highest BCUT2D eigenvalue weighted by molar-refractivity contribution is 6.31. The Hall–Kier alpha value is -1.22. The first-order chi connectivity index (χ1) is 8.08. The van der Waals surface area contributed by atoms with Crippen molar-refractivity contribution in [3.63, 3.8) is 0 Å². The van der Waals surface area contributed by atoms with E-state index >= 15 is 0 Å². The van der Waals surface area contributed by atoms with Gasteiger partial charge >= 0.3 is 0 Å². The molecule has 0 aliphatic heterocycles. The number of carbonyl (C=O) groups is 1. The SMILES string of the molecule is CN(CC1CCC1)C(=O)c1cc(Cl)ccc1N. The Balaban J connectivity index is 2.09. The molecule has 4 heteroatoms. The smallest absolute Gasteiger partial charge is 0.255 e. The highest BCUT2D eigenvalue weighted by Crippen LogP contribution is 2.27. The van der Waals surface area contributed by atoms with Gasteiger partial charge in [-0.05, 0) is 37.0 Å². The molecule has 0 saturated heterocycles. The maximum absolute atomic E-state index is 12.2. The van der Waals surface area contributed by atoms with Gasteiger partial charge in [-0.2, -0.15) is 0 Å². The van der Waals surface area contributed by atoms with Crippen LogP contribution in [0.4, 0.5) is 5.69 Å². The van der Waals surface area contributed by atoms with E-state index in [2.05, 4.69) is 0 Å². The highest BCUT2D eigenvalue weighted by atomic mass is 35.5. The van der Waals surface area contributed by atoms with Crippen LogP contribution >= 0.6 is 11.6 Å². The highest BCUT2D eigenvalue weighted by Gasteiger charge is 2.22. The maximum atomic E-state index is 12.2. The van der Waals surface area contributed by atoms with E-state index in [0.29, 0.717) is 22.2 Å². The van der Waals surface area contributed by atoms with Gasteiger partial charge in [0, 0.05) is 24.3 Å². The van der Waals surface area contributed by atoms with E-state index in [9.17, 15) is 4.79 Å². The number of hydrogen-bond acceptors (Lipinski definition) is 2. The third-order valence-corrected chi connectivity index (χ3v) is 3.58. The van der Waals surface area contributed by atoms with Gasteiger partial charge in [0.05, 0.1) is 5.56 Å². The number of hydrogen-bond donors (Lipinski definition) is 1. The molecule has 0 unspecified atom stereocenters. The number of halogens is 1. The average molecular weight is 253 g/mol. The van der Waals surface area contributed by atoms with Crippen molar-refractivity contribution < 1.29 is 4.79 Å². The summed E-state index contributed by atoms with van der Waals surface area (Å²) in [6.45, 7) is 0.810. The lowest BCUT2D eigenvalue weighted by molar-refractivity contribution is 0.0746. The van der Waals surface area contributed by atoms with E-state index in [-0.39, 0.29) is 5.91 Å². The van der Waals surface area contributed by atoms with E-state index in [1.807, 2.05) is 7.05 Å². The second-order valence-corrected chi connectivity index (χ2v) is 5.15. The first kappa shape index (κ1) is 12.2. The number of carbonyl (C=O) groups excluding carboxylic acids is 1. The third-order valence-electron chi connectivity index (χ3n) is 3.35. The lowest BCUT2D eigenvalue weighted by Crippen LogP contribution is -2.34. The predicted octanol–water partition coefficient (Wildman–Crippen LogP) is 2.79. The summed E-state index contributed by atoms with van der Waals surface area (Å²) >= 11 is 5.88. The van der Waals surface area contributed by atoms with Crippen LogP contribution in [0, 0.1) is 5.92 Å². The molecule has 1 amide bonds. The van der Waals surface area contributed by atoms with Crippen molar-refractivity contribution in [1.29, 1.82) is 0 Å². The summed E-state index contributed by atoms with van der Waals surface area (Å²) in [6.07, 6.45) is 3.73. The fourth-order valence-electron chi connectivity index (χ4n) is 2.06. The maximum Gasteiger partial charge on any atom is 0.255 e. The van der Waals surface area contributed by atoms with Crippen LogP contribution in [-0.2, 0) is 0 Å². The zero-order chi connectivity index (χ0) is 12.4. The lowest BCUT2D eigenvalue weighted by atomic mass is 9.85. The predicted molar refractivity (Wildman–Crippen MR) is 70.2 cm³/mol. The van der Waals surface area contributed by atoms with Gasteiger partial charge in [-0.3, -0.25) is 4.79 Å². The molecule has 0 heterocycles. The standard InChI is InChI=1S/C13H17ClN2O/c1-16(8-9-3-2-4-9)13(17)11-7-10(14)5-6-12(11)15/h5-7,9H,2-4,8,15H2,1H3. The Morgan fingerprint density at radius 2 is 2.24 bits per heavy atom. The molecule has 2 N–H and O–H groups in total. The number of rotatable bonds is 3. The van der Waals surface area contributed by atoms with Crippen LogP contribution in [0.5, 0.6) is 0 Å². The van der Waals surface area contributed by atoms with Gasteiger partial charge in [0.1, 0.15) is 0 Å². The molecule has 1 aromatic carbocycles. The van der Waals surface area contributed by atoms with Crippen LogP contribution in [-0.4, -0.2) is 24.4 Å². The van der Waals surface area contributed by atoms with Gasteiger partial charge in [-0.1, -0.05) is 18.0 Å². The second kappa shape index (κ2) is 4.96. The van der Waals surface area contributed by atoms with Gasteiger partial charge in [-0.25, -0.2) is 0 Å². The summed E-state index contributed by atoms with van der Waals surface area (Å²) in [5, 5.41) is 0.541. The molecule has 0 bridgehead atoms. The van der Waals surface area contributed by atoms with E-state index in [1.165, 1.54) is 19.3 Å². The van der Waals surface area contributed by atoms with Gasteiger partial charge < -0.3 is 10.6 Å². The minimum Gasteiger partial charge on any atom is -0.398 e. The molecule has 2 rings (SSSR count). The molecule has 92 valence electrons. The summed E-state index contributed by atoms with van der Waals surface area (Å²) in [5.74, 6) is 0.612.